The second-order valence-electron chi connectivity index (χ2n) is 5.93. The van der Waals surface area contributed by atoms with Crippen LogP contribution in [0.25, 0.3) is 5.52 Å². The summed E-state index contributed by atoms with van der Waals surface area (Å²) >= 11 is 2.11. The maximum Gasteiger partial charge on any atom is 0.114 e. The monoisotopic (exact) mass is 302 g/mol. The number of hydrogen-bond donors (Lipinski definition) is 1. The number of anilines is 1. The number of nitrogens with zero attached hydrogens (tertiary/aromatic N) is 3. The standard InChI is InChI=1S/C16H22N4S/c1-2-15(21-9-1)11-16-18-12-14-10-13(3-6-20(14)16)19-7-4-17-5-8-19/h3,6,10,12,15,17H,1-2,4-5,7-9,11H2. The molecule has 2 fully saturated rings. The summed E-state index contributed by atoms with van der Waals surface area (Å²) in [7, 11) is 0. The van der Waals surface area contributed by atoms with Crippen molar-refractivity contribution in [1.29, 1.82) is 0 Å². The molecular formula is C16H22N4S. The lowest BCUT2D eigenvalue weighted by Gasteiger charge is -2.29. The van der Waals surface area contributed by atoms with Crippen LogP contribution in [0.3, 0.4) is 0 Å². The van der Waals surface area contributed by atoms with Crippen LogP contribution in [-0.4, -0.2) is 46.6 Å². The van der Waals surface area contributed by atoms with E-state index in [4.69, 9.17) is 0 Å². The highest BCUT2D eigenvalue weighted by Gasteiger charge is 2.18. The molecule has 2 aromatic heterocycles. The Morgan fingerprint density at radius 3 is 3.05 bits per heavy atom. The molecule has 0 radical (unpaired) electrons. The number of piperazine rings is 1. The van der Waals surface area contributed by atoms with Crippen molar-refractivity contribution in [3.63, 3.8) is 0 Å². The molecule has 0 aliphatic carbocycles. The van der Waals surface area contributed by atoms with E-state index in [-0.39, 0.29) is 0 Å². The summed E-state index contributed by atoms with van der Waals surface area (Å²) in [5.74, 6) is 2.54. The summed E-state index contributed by atoms with van der Waals surface area (Å²) in [4.78, 5) is 7.12. The Bertz CT molecular complexity index is 612. The van der Waals surface area contributed by atoms with Crippen molar-refractivity contribution in [2.75, 3.05) is 36.8 Å². The van der Waals surface area contributed by atoms with Gasteiger partial charge in [0.1, 0.15) is 5.82 Å². The van der Waals surface area contributed by atoms with Crippen molar-refractivity contribution in [3.05, 3.63) is 30.4 Å². The Balaban J connectivity index is 1.57. The Morgan fingerprint density at radius 2 is 2.24 bits per heavy atom. The molecule has 1 atom stereocenters. The highest BCUT2D eigenvalue weighted by atomic mass is 32.2. The van der Waals surface area contributed by atoms with Crippen molar-refractivity contribution in [2.45, 2.75) is 24.5 Å². The third-order valence-electron chi connectivity index (χ3n) is 4.51. The molecule has 0 bridgehead atoms. The molecular weight excluding hydrogens is 280 g/mol. The van der Waals surface area contributed by atoms with Gasteiger partial charge in [-0.2, -0.15) is 11.8 Å². The van der Waals surface area contributed by atoms with Crippen molar-refractivity contribution in [2.24, 2.45) is 0 Å². The topological polar surface area (TPSA) is 32.6 Å². The Kier molecular flexibility index (Phi) is 3.78. The van der Waals surface area contributed by atoms with Crippen molar-refractivity contribution >= 4 is 23.0 Å². The molecule has 2 aliphatic heterocycles. The van der Waals surface area contributed by atoms with Crippen LogP contribution >= 0.6 is 11.8 Å². The summed E-state index contributed by atoms with van der Waals surface area (Å²) in [6, 6.07) is 4.52. The minimum Gasteiger partial charge on any atom is -0.369 e. The molecule has 0 spiro atoms. The van der Waals surface area contributed by atoms with Crippen LogP contribution in [0.5, 0.6) is 0 Å². The summed E-state index contributed by atoms with van der Waals surface area (Å²) in [5.41, 5.74) is 2.55. The maximum absolute atomic E-state index is 4.66. The van der Waals surface area contributed by atoms with Crippen molar-refractivity contribution < 1.29 is 0 Å². The molecule has 0 aromatic carbocycles. The normalized spacial score (nSPS) is 23.0. The van der Waals surface area contributed by atoms with Gasteiger partial charge in [-0.3, -0.25) is 0 Å². The Labute approximate surface area is 129 Å². The number of nitrogens with one attached hydrogen (secondary N) is 1. The first kappa shape index (κ1) is 13.5. The predicted molar refractivity (Wildman–Crippen MR) is 89.5 cm³/mol. The highest BCUT2D eigenvalue weighted by molar-refractivity contribution is 8.00. The minimum atomic E-state index is 0.767. The molecule has 2 saturated heterocycles. The van der Waals surface area contributed by atoms with E-state index in [1.54, 1.807) is 0 Å². The second-order valence-corrected chi connectivity index (χ2v) is 7.34. The van der Waals surface area contributed by atoms with Gasteiger partial charge in [0.25, 0.3) is 0 Å². The van der Waals surface area contributed by atoms with Gasteiger partial charge in [0.15, 0.2) is 0 Å². The van der Waals surface area contributed by atoms with Crippen LogP contribution in [0.2, 0.25) is 0 Å². The third-order valence-corrected chi connectivity index (χ3v) is 5.91. The lowest BCUT2D eigenvalue weighted by atomic mass is 10.2. The highest BCUT2D eigenvalue weighted by Crippen LogP contribution is 2.29. The summed E-state index contributed by atoms with van der Waals surface area (Å²) < 4.78 is 2.27. The Morgan fingerprint density at radius 1 is 1.33 bits per heavy atom. The SMILES string of the molecule is c1cn2c(CC3CCCS3)ncc2cc1N1CCNCC1. The second kappa shape index (κ2) is 5.89. The number of pyridine rings is 1. The predicted octanol–water partition coefficient (Wildman–Crippen LogP) is 2.18. The zero-order valence-corrected chi connectivity index (χ0v) is 13.1. The van der Waals surface area contributed by atoms with E-state index in [0.29, 0.717) is 0 Å². The number of hydrogen-bond acceptors (Lipinski definition) is 4. The van der Waals surface area contributed by atoms with Gasteiger partial charge in [0.2, 0.25) is 0 Å². The van der Waals surface area contributed by atoms with Gasteiger partial charge in [-0.05, 0) is 30.7 Å². The van der Waals surface area contributed by atoms with E-state index < -0.39 is 0 Å². The minimum absolute atomic E-state index is 0.767. The fraction of sp³-hybridized carbons (Fsp3) is 0.562. The molecule has 4 nitrogen and oxygen atoms in total. The number of rotatable bonds is 3. The number of fused-ring (bicyclic) bond motifs is 1. The van der Waals surface area contributed by atoms with Gasteiger partial charge in [-0.15, -0.1) is 0 Å². The molecule has 5 heteroatoms. The van der Waals surface area contributed by atoms with E-state index in [2.05, 4.69) is 49.7 Å². The molecule has 2 aliphatic rings. The fourth-order valence-electron chi connectivity index (χ4n) is 3.32. The van der Waals surface area contributed by atoms with Crippen molar-refractivity contribution in [1.82, 2.24) is 14.7 Å². The average molecular weight is 302 g/mol. The van der Waals surface area contributed by atoms with Crippen LogP contribution in [0.4, 0.5) is 5.69 Å². The average Bonchev–Trinajstić information content (AvgIpc) is 3.18. The van der Waals surface area contributed by atoms with E-state index >= 15 is 0 Å². The molecule has 0 amide bonds. The molecule has 1 N–H and O–H groups in total. The van der Waals surface area contributed by atoms with Crippen LogP contribution in [0, 0.1) is 0 Å². The number of imidazole rings is 1. The van der Waals surface area contributed by atoms with Gasteiger partial charge < -0.3 is 14.6 Å². The van der Waals surface area contributed by atoms with Crippen LogP contribution in [-0.2, 0) is 6.42 Å². The van der Waals surface area contributed by atoms with Crippen molar-refractivity contribution in [3.8, 4) is 0 Å². The first-order chi connectivity index (χ1) is 10.4. The van der Waals surface area contributed by atoms with Crippen LogP contribution in [0.15, 0.2) is 24.5 Å². The molecule has 112 valence electrons. The zero-order chi connectivity index (χ0) is 14.1. The van der Waals surface area contributed by atoms with Crippen LogP contribution in [0.1, 0.15) is 18.7 Å². The van der Waals surface area contributed by atoms with Gasteiger partial charge in [-0.1, -0.05) is 0 Å². The Hall–Kier alpha value is -1.20. The molecule has 1 unspecified atom stereocenters. The largest absolute Gasteiger partial charge is 0.369 e. The fourth-order valence-corrected chi connectivity index (χ4v) is 4.59. The van der Waals surface area contributed by atoms with Gasteiger partial charge in [0, 0.05) is 49.7 Å². The third kappa shape index (κ3) is 2.77. The summed E-state index contributed by atoms with van der Waals surface area (Å²) in [5, 5.41) is 4.17. The lowest BCUT2D eigenvalue weighted by molar-refractivity contribution is 0.589. The number of thioether (sulfide) groups is 1. The number of aromatic nitrogens is 2. The first-order valence-corrected chi connectivity index (χ1v) is 8.98. The first-order valence-electron chi connectivity index (χ1n) is 7.93. The molecule has 4 rings (SSSR count). The zero-order valence-electron chi connectivity index (χ0n) is 12.3. The van der Waals surface area contributed by atoms with Crippen LogP contribution < -0.4 is 10.2 Å². The molecule has 4 heterocycles. The maximum atomic E-state index is 4.66. The van der Waals surface area contributed by atoms with Gasteiger partial charge in [0.05, 0.1) is 11.7 Å². The van der Waals surface area contributed by atoms with Gasteiger partial charge >= 0.3 is 0 Å². The van der Waals surface area contributed by atoms with E-state index in [1.807, 2.05) is 6.20 Å². The van der Waals surface area contributed by atoms with Gasteiger partial charge in [-0.25, -0.2) is 4.98 Å². The smallest absolute Gasteiger partial charge is 0.114 e. The van der Waals surface area contributed by atoms with E-state index in [0.717, 1.165) is 37.8 Å². The quantitative estimate of drug-likeness (QED) is 0.942. The molecule has 0 saturated carbocycles. The summed E-state index contributed by atoms with van der Waals surface area (Å²) in [6.07, 6.45) is 8.05. The molecule has 21 heavy (non-hydrogen) atoms. The van der Waals surface area contributed by atoms with E-state index in [1.165, 1.54) is 35.6 Å². The molecule has 2 aromatic rings. The lowest BCUT2D eigenvalue weighted by Crippen LogP contribution is -2.43. The van der Waals surface area contributed by atoms with E-state index in [9.17, 15) is 0 Å². The summed E-state index contributed by atoms with van der Waals surface area (Å²) in [6.45, 7) is 4.34.